The van der Waals surface area contributed by atoms with E-state index < -0.39 is 47.0 Å². The highest BCUT2D eigenvalue weighted by Gasteiger charge is 2.59. The molecule has 9 nitrogen and oxygen atoms in total. The maximum absolute atomic E-state index is 14.7. The van der Waals surface area contributed by atoms with Gasteiger partial charge in [0.1, 0.15) is 5.54 Å². The molecule has 1 aliphatic carbocycles. The monoisotopic (exact) mass is 663 g/mol. The van der Waals surface area contributed by atoms with Gasteiger partial charge in [-0.25, -0.2) is 18.4 Å². The molecule has 12 heteroatoms. The van der Waals surface area contributed by atoms with Gasteiger partial charge in [0.25, 0.3) is 5.91 Å². The van der Waals surface area contributed by atoms with Gasteiger partial charge in [0.05, 0.1) is 19.2 Å². The van der Waals surface area contributed by atoms with E-state index in [1.54, 1.807) is 11.0 Å². The number of benzene rings is 3. The highest BCUT2D eigenvalue weighted by Crippen LogP contribution is 2.43. The van der Waals surface area contributed by atoms with Crippen molar-refractivity contribution in [3.8, 4) is 5.75 Å². The van der Waals surface area contributed by atoms with E-state index >= 15 is 0 Å². The molecular formula is C36H36F3N3O6. The first-order valence-electron chi connectivity index (χ1n) is 16.0. The van der Waals surface area contributed by atoms with Crippen molar-refractivity contribution in [2.45, 2.75) is 56.1 Å². The maximum atomic E-state index is 14.7. The van der Waals surface area contributed by atoms with Gasteiger partial charge in [0.15, 0.2) is 17.4 Å². The summed E-state index contributed by atoms with van der Waals surface area (Å²) in [5.74, 6) is -4.68. The quantitative estimate of drug-likeness (QED) is 0.186. The molecule has 3 aromatic rings. The summed E-state index contributed by atoms with van der Waals surface area (Å²) in [6.45, 7) is -0.0293. The van der Waals surface area contributed by atoms with Crippen molar-refractivity contribution in [3.05, 3.63) is 107 Å². The summed E-state index contributed by atoms with van der Waals surface area (Å²) in [5, 5.41) is 20.4. The topological polar surface area (TPSA) is 111 Å². The number of halogens is 3. The Kier molecular flexibility index (Phi) is 9.34. The summed E-state index contributed by atoms with van der Waals surface area (Å²) in [6, 6.07) is 17.8. The number of piperazine rings is 1. The van der Waals surface area contributed by atoms with Crippen LogP contribution in [-0.2, 0) is 17.6 Å². The average molecular weight is 664 g/mol. The summed E-state index contributed by atoms with van der Waals surface area (Å²) in [6.07, 6.45) is 2.35. The van der Waals surface area contributed by atoms with Crippen LogP contribution in [0.5, 0.6) is 5.75 Å². The van der Waals surface area contributed by atoms with Crippen molar-refractivity contribution in [3.63, 3.8) is 0 Å². The van der Waals surface area contributed by atoms with Crippen molar-refractivity contribution in [1.29, 1.82) is 0 Å². The van der Waals surface area contributed by atoms with Crippen LogP contribution in [0.4, 0.5) is 22.8 Å². The second kappa shape index (κ2) is 13.6. The Labute approximate surface area is 275 Å². The number of ether oxygens (including phenoxy) is 1. The van der Waals surface area contributed by atoms with Gasteiger partial charge in [-0.2, -0.15) is 4.39 Å². The van der Waals surface area contributed by atoms with Crippen molar-refractivity contribution in [2.75, 3.05) is 26.2 Å². The predicted octanol–water partition coefficient (Wildman–Crippen LogP) is 6.22. The second-order valence-corrected chi connectivity index (χ2v) is 12.6. The molecule has 3 amide bonds. The Bertz CT molecular complexity index is 1720. The van der Waals surface area contributed by atoms with Gasteiger partial charge in [0.2, 0.25) is 5.82 Å². The Balaban J connectivity index is 1.22. The zero-order valence-electron chi connectivity index (χ0n) is 26.2. The minimum Gasteiger partial charge on any atom is -0.488 e. The molecule has 1 saturated heterocycles. The first kappa shape index (κ1) is 32.9. The third kappa shape index (κ3) is 6.69. The fraction of sp³-hybridized carbons (Fsp3) is 0.361. The number of nitrogens with zero attached hydrogens (tertiary/aromatic N) is 3. The predicted molar refractivity (Wildman–Crippen MR) is 170 cm³/mol. The molecule has 3 aromatic carbocycles. The summed E-state index contributed by atoms with van der Waals surface area (Å²) < 4.78 is 46.4. The third-order valence-corrected chi connectivity index (χ3v) is 9.32. The van der Waals surface area contributed by atoms with Crippen molar-refractivity contribution in [1.82, 2.24) is 14.7 Å². The number of rotatable bonds is 11. The molecule has 252 valence electrons. The molecule has 0 unspecified atom stereocenters. The molecule has 2 bridgehead atoms. The smallest absolute Gasteiger partial charge is 0.408 e. The molecular weight excluding hydrogens is 627 g/mol. The first-order valence-corrected chi connectivity index (χ1v) is 16.0. The number of amides is 3. The summed E-state index contributed by atoms with van der Waals surface area (Å²) >= 11 is 0. The van der Waals surface area contributed by atoms with Crippen molar-refractivity contribution >= 4 is 23.7 Å². The van der Waals surface area contributed by atoms with Crippen LogP contribution in [0.3, 0.4) is 0 Å². The largest absolute Gasteiger partial charge is 0.488 e. The van der Waals surface area contributed by atoms with E-state index in [4.69, 9.17) is 4.74 Å². The Morgan fingerprint density at radius 2 is 1.56 bits per heavy atom. The standard InChI is InChI=1S/C36H36F3N3O6/c37-29-14-15-30(38)32(31(29)39)48-18-4-7-24-8-10-25(11-9-24)26-19-28-21-40(34(44)45)22-36(20-26,42(28)35(46)47)33(43)41(27-12-13-27)17-16-23-5-2-1-3-6-23/h1-3,5-6,8-11,14-15,19,27-28H,4,7,12-13,16-18,20-22H2,(H,44,45)(H,46,47)/t28-,36+/m0/s1. The fourth-order valence-electron chi connectivity index (χ4n) is 6.85. The van der Waals surface area contributed by atoms with Crippen LogP contribution in [0.2, 0.25) is 0 Å². The van der Waals surface area contributed by atoms with Gasteiger partial charge >= 0.3 is 12.2 Å². The van der Waals surface area contributed by atoms with E-state index in [0.717, 1.165) is 51.0 Å². The molecule has 1 saturated carbocycles. The molecule has 2 aliphatic heterocycles. The number of fused-ring (bicyclic) bond motifs is 2. The molecule has 48 heavy (non-hydrogen) atoms. The van der Waals surface area contributed by atoms with Gasteiger partial charge in [-0.15, -0.1) is 0 Å². The lowest BCUT2D eigenvalue weighted by molar-refractivity contribution is -0.149. The molecule has 6 rings (SSSR count). The lowest BCUT2D eigenvalue weighted by Crippen LogP contribution is -2.74. The number of carbonyl (C=O) groups is 3. The van der Waals surface area contributed by atoms with Crippen LogP contribution in [0.1, 0.15) is 42.4 Å². The highest BCUT2D eigenvalue weighted by atomic mass is 19.2. The molecule has 2 atom stereocenters. The normalized spacial score (nSPS) is 20.2. The van der Waals surface area contributed by atoms with Gasteiger partial charge in [0, 0.05) is 25.6 Å². The van der Waals surface area contributed by atoms with Gasteiger partial charge in [-0.05, 0) is 66.5 Å². The first-order chi connectivity index (χ1) is 23.1. The van der Waals surface area contributed by atoms with Crippen molar-refractivity contribution in [2.24, 2.45) is 0 Å². The maximum Gasteiger partial charge on any atom is 0.408 e. The Morgan fingerprint density at radius 3 is 2.23 bits per heavy atom. The minimum absolute atomic E-state index is 0.00488. The molecule has 2 fully saturated rings. The summed E-state index contributed by atoms with van der Waals surface area (Å²) in [7, 11) is 0. The van der Waals surface area contributed by atoms with Crippen LogP contribution in [-0.4, -0.2) is 86.9 Å². The zero-order chi connectivity index (χ0) is 34.0. The molecule has 0 aromatic heterocycles. The molecule has 0 spiro atoms. The van der Waals surface area contributed by atoms with Gasteiger partial charge in [-0.3, -0.25) is 9.69 Å². The molecule has 2 N–H and O–H groups in total. The van der Waals surface area contributed by atoms with Crippen LogP contribution >= 0.6 is 0 Å². The third-order valence-electron chi connectivity index (χ3n) is 9.32. The molecule has 3 aliphatic rings. The zero-order valence-corrected chi connectivity index (χ0v) is 26.2. The number of aryl methyl sites for hydroxylation is 1. The lowest BCUT2D eigenvalue weighted by atomic mass is 9.76. The van der Waals surface area contributed by atoms with Crippen LogP contribution < -0.4 is 4.74 Å². The molecule has 2 heterocycles. The summed E-state index contributed by atoms with van der Waals surface area (Å²) in [5.41, 5.74) is 1.82. The Hall–Kier alpha value is -5.00. The van der Waals surface area contributed by atoms with Crippen LogP contribution in [0.15, 0.2) is 72.8 Å². The number of carbonyl (C=O) groups excluding carboxylic acids is 1. The fourth-order valence-corrected chi connectivity index (χ4v) is 6.85. The Morgan fingerprint density at radius 1 is 0.875 bits per heavy atom. The van der Waals surface area contributed by atoms with E-state index in [1.807, 2.05) is 54.6 Å². The lowest BCUT2D eigenvalue weighted by Gasteiger charge is -2.55. The van der Waals surface area contributed by atoms with E-state index in [0.29, 0.717) is 31.9 Å². The SMILES string of the molecule is O=C(O)N1C[C@@H]2C=C(c3ccc(CCCOc4c(F)ccc(F)c4F)cc3)C[C@](C(=O)N(CCc3ccccc3)C3CC3)(C1)N2C(=O)O. The van der Waals surface area contributed by atoms with E-state index in [2.05, 4.69) is 0 Å². The second-order valence-electron chi connectivity index (χ2n) is 12.6. The van der Waals surface area contributed by atoms with Gasteiger partial charge in [-0.1, -0.05) is 60.7 Å². The van der Waals surface area contributed by atoms with Crippen molar-refractivity contribution < 1.29 is 42.5 Å². The van der Waals surface area contributed by atoms with E-state index in [1.165, 1.54) is 0 Å². The molecule has 0 radical (unpaired) electrons. The number of hydrogen-bond acceptors (Lipinski definition) is 4. The highest BCUT2D eigenvalue weighted by molar-refractivity contribution is 5.95. The van der Waals surface area contributed by atoms with Crippen LogP contribution in [0, 0.1) is 17.5 Å². The van der Waals surface area contributed by atoms with E-state index in [-0.39, 0.29) is 38.1 Å². The number of hydrogen-bond donors (Lipinski definition) is 2. The van der Waals surface area contributed by atoms with Gasteiger partial charge < -0.3 is 24.7 Å². The van der Waals surface area contributed by atoms with Crippen LogP contribution in [0.25, 0.3) is 5.57 Å². The summed E-state index contributed by atoms with van der Waals surface area (Å²) in [4.78, 5) is 43.7. The number of carboxylic acid groups (broad SMARTS) is 2. The minimum atomic E-state index is -1.64. The van der Waals surface area contributed by atoms with E-state index in [9.17, 15) is 37.8 Å². The average Bonchev–Trinajstić information content (AvgIpc) is 3.91.